The Kier molecular flexibility index (Phi) is 10.8. The maximum absolute atomic E-state index is 7.00. The highest BCUT2D eigenvalue weighted by Crippen LogP contribution is 2.51. The number of para-hydroxylation sites is 8. The predicted octanol–water partition coefficient (Wildman–Crippen LogP) is 19.0. The average Bonchev–Trinajstić information content (AvgIpc) is 1.06. The monoisotopic (exact) mass is 1200 g/mol. The molecule has 7 heterocycles. The molecule has 94 heavy (non-hydrogen) atoms. The van der Waals surface area contributed by atoms with E-state index < -0.39 is 0 Å². The molecule has 0 aliphatic carbocycles. The molecule has 1 unspecified atom stereocenters. The molecule has 0 fully saturated rings. The number of nitrogens with zero attached hydrogens (tertiary/aromatic N) is 4. The molecule has 4 aliphatic heterocycles. The van der Waals surface area contributed by atoms with Gasteiger partial charge in [0.05, 0.1) is 11.4 Å². The summed E-state index contributed by atoms with van der Waals surface area (Å²) in [5.74, 6) is 0.0430. The SMILES string of the molecule is CC(Cc1ccc2c(c1)B1c3ccccc3N(c3ccccc3)c3cccc(c31)N2c1ccc2oc3ccc4ccccc4c3c2c1)c1cc2c3c(c1)N(c1cccc4c1oc1ccccc14)c1ccccc1B3c1ccccc1N2c1cccc2c1oc1ccccc12. The fraction of sp³-hybridized carbons (Fsp3) is 0.0353. The van der Waals surface area contributed by atoms with E-state index in [1.807, 2.05) is 0 Å². The Balaban J connectivity index is 0.777. The highest BCUT2D eigenvalue weighted by molar-refractivity contribution is 7.01. The number of anilines is 12. The third kappa shape index (κ3) is 7.23. The Bertz CT molecular complexity index is 5900. The van der Waals surface area contributed by atoms with Crippen molar-refractivity contribution < 1.29 is 13.3 Å². The first-order chi connectivity index (χ1) is 46.6. The van der Waals surface area contributed by atoms with Gasteiger partial charge in [0, 0.05) is 89.2 Å². The van der Waals surface area contributed by atoms with Gasteiger partial charge in [-0.1, -0.05) is 189 Å². The zero-order chi connectivity index (χ0) is 61.4. The largest absolute Gasteiger partial charge is 0.456 e. The third-order valence-electron chi connectivity index (χ3n) is 20.8. The Morgan fingerprint density at radius 2 is 0.766 bits per heavy atom. The predicted molar refractivity (Wildman–Crippen MR) is 392 cm³/mol. The second-order valence-electron chi connectivity index (χ2n) is 25.8. The standard InChI is InChI=1S/C85H54B2N4O3/c1-51(46-52-40-43-70-66(47-52)87-63-28-9-12-31-67(63)88(55-21-3-2-4-22-55)71-34-19-35-72(82(71)87)89(70)56-42-45-79-62(50-56)81-57-23-6-5-20-53(57)41-44-80(81)92-79)54-48-75-83-76(49-54)91(74-37-18-27-61-59-25-8-16-39-78(59)94-85(61)74)69-33-14-11-30-65(69)86(83)64-29-10-13-32-68(64)90(75)73-36-17-26-60-58-24-7-15-38-77(58)93-84(60)73/h2-45,47-51H,46H2,1H3. The second kappa shape index (κ2) is 19.5. The molecule has 4 aliphatic rings. The Morgan fingerprint density at radius 1 is 0.298 bits per heavy atom. The van der Waals surface area contributed by atoms with Gasteiger partial charge in [0.15, 0.2) is 11.2 Å². The average molecular weight is 1200 g/mol. The summed E-state index contributed by atoms with van der Waals surface area (Å²) in [6, 6.07) is 107. The minimum absolute atomic E-state index is 0.0430. The normalized spacial score (nSPS) is 13.9. The maximum Gasteiger partial charge on any atom is 0.252 e. The molecule has 0 saturated heterocycles. The van der Waals surface area contributed by atoms with Crippen molar-refractivity contribution in [1.82, 2.24) is 0 Å². The Morgan fingerprint density at radius 3 is 1.41 bits per heavy atom. The smallest absolute Gasteiger partial charge is 0.252 e. The highest BCUT2D eigenvalue weighted by Gasteiger charge is 2.46. The summed E-state index contributed by atoms with van der Waals surface area (Å²) >= 11 is 0. The molecule has 7 nitrogen and oxygen atoms in total. The van der Waals surface area contributed by atoms with Crippen molar-refractivity contribution in [2.75, 3.05) is 19.6 Å². The van der Waals surface area contributed by atoms with Crippen LogP contribution in [0.5, 0.6) is 0 Å². The second-order valence-corrected chi connectivity index (χ2v) is 25.8. The molecule has 21 rings (SSSR count). The van der Waals surface area contributed by atoms with Crippen molar-refractivity contribution in [2.45, 2.75) is 19.3 Å². The molecule has 0 bridgehead atoms. The van der Waals surface area contributed by atoms with Gasteiger partial charge in [-0.05, 0) is 176 Å². The van der Waals surface area contributed by atoms with Gasteiger partial charge in [0.25, 0.3) is 13.4 Å². The van der Waals surface area contributed by atoms with Crippen LogP contribution in [0.1, 0.15) is 24.0 Å². The highest BCUT2D eigenvalue weighted by atomic mass is 16.3. The van der Waals surface area contributed by atoms with Gasteiger partial charge in [0.2, 0.25) is 0 Å². The molecule has 0 N–H and O–H groups in total. The summed E-state index contributed by atoms with van der Waals surface area (Å²) in [6.45, 7) is 2.30. The van der Waals surface area contributed by atoms with Crippen LogP contribution in [-0.4, -0.2) is 13.4 Å². The quantitative estimate of drug-likeness (QED) is 0.147. The first kappa shape index (κ1) is 51.8. The van der Waals surface area contributed by atoms with E-state index in [0.717, 1.165) is 118 Å². The number of fused-ring (bicyclic) bond motifs is 19. The Labute approximate surface area is 542 Å². The van der Waals surface area contributed by atoms with Crippen molar-refractivity contribution >= 4 is 191 Å². The number of hydrogen-bond acceptors (Lipinski definition) is 7. The molecule has 9 heteroatoms. The van der Waals surface area contributed by atoms with Crippen LogP contribution in [0, 0.1) is 0 Å². The van der Waals surface area contributed by atoms with Gasteiger partial charge in [-0.25, -0.2) is 0 Å². The fourth-order valence-corrected chi connectivity index (χ4v) is 16.9. The lowest BCUT2D eigenvalue weighted by atomic mass is 9.33. The van der Waals surface area contributed by atoms with Gasteiger partial charge in [-0.2, -0.15) is 0 Å². The summed E-state index contributed by atoms with van der Waals surface area (Å²) in [4.78, 5) is 10.0. The van der Waals surface area contributed by atoms with Crippen molar-refractivity contribution in [1.29, 1.82) is 0 Å². The number of furan rings is 3. The van der Waals surface area contributed by atoms with Gasteiger partial charge in [-0.3, -0.25) is 0 Å². The van der Waals surface area contributed by atoms with E-state index in [4.69, 9.17) is 13.3 Å². The maximum atomic E-state index is 7.00. The molecule has 0 spiro atoms. The molecular formula is C85H54B2N4O3. The summed E-state index contributed by atoms with van der Waals surface area (Å²) < 4.78 is 20.7. The van der Waals surface area contributed by atoms with Crippen LogP contribution in [0.25, 0.3) is 76.6 Å². The lowest BCUT2D eigenvalue weighted by molar-refractivity contribution is 0.668. The zero-order valence-corrected chi connectivity index (χ0v) is 51.2. The first-order valence-corrected chi connectivity index (χ1v) is 32.7. The fourth-order valence-electron chi connectivity index (χ4n) is 16.9. The molecule has 438 valence electrons. The van der Waals surface area contributed by atoms with Crippen molar-refractivity contribution in [2.24, 2.45) is 0 Å². The molecule has 0 amide bonds. The van der Waals surface area contributed by atoms with Crippen molar-refractivity contribution in [3.8, 4) is 0 Å². The molecule has 14 aromatic carbocycles. The first-order valence-electron chi connectivity index (χ1n) is 32.7. The summed E-state index contributed by atoms with van der Waals surface area (Å²) in [7, 11) is 0. The van der Waals surface area contributed by atoms with Gasteiger partial charge >= 0.3 is 0 Å². The third-order valence-corrected chi connectivity index (χ3v) is 20.8. The van der Waals surface area contributed by atoms with Gasteiger partial charge in [-0.15, -0.1) is 0 Å². The molecule has 0 radical (unpaired) electrons. The molecule has 0 saturated carbocycles. The van der Waals surface area contributed by atoms with E-state index in [2.05, 4.69) is 318 Å². The van der Waals surface area contributed by atoms with Crippen LogP contribution >= 0.6 is 0 Å². The van der Waals surface area contributed by atoms with Crippen LogP contribution in [0.2, 0.25) is 0 Å². The van der Waals surface area contributed by atoms with E-state index in [1.54, 1.807) is 0 Å². The lowest BCUT2D eigenvalue weighted by Crippen LogP contribution is -2.61. The molecule has 3 aromatic heterocycles. The minimum Gasteiger partial charge on any atom is -0.456 e. The number of benzene rings is 14. The van der Waals surface area contributed by atoms with Crippen molar-refractivity contribution in [3.63, 3.8) is 0 Å². The van der Waals surface area contributed by atoms with Crippen LogP contribution in [0.3, 0.4) is 0 Å². The van der Waals surface area contributed by atoms with E-state index in [9.17, 15) is 0 Å². The number of hydrogen-bond donors (Lipinski definition) is 0. The van der Waals surface area contributed by atoms with E-state index in [1.165, 1.54) is 77.4 Å². The number of rotatable bonds is 7. The Hall–Kier alpha value is -11.9. The summed E-state index contributed by atoms with van der Waals surface area (Å²) in [6.07, 6.45) is 0.777. The van der Waals surface area contributed by atoms with Gasteiger partial charge in [0.1, 0.15) is 22.3 Å². The van der Waals surface area contributed by atoms with E-state index in [-0.39, 0.29) is 19.3 Å². The topological polar surface area (TPSA) is 52.4 Å². The minimum atomic E-state index is -0.0705. The van der Waals surface area contributed by atoms with Crippen LogP contribution in [0.4, 0.5) is 68.2 Å². The van der Waals surface area contributed by atoms with Crippen molar-refractivity contribution in [3.05, 3.63) is 302 Å². The molecular weight excluding hydrogens is 1150 g/mol. The van der Waals surface area contributed by atoms with E-state index >= 15 is 0 Å². The van der Waals surface area contributed by atoms with E-state index in [0.29, 0.717) is 0 Å². The molecule has 1 atom stereocenters. The van der Waals surface area contributed by atoms with Gasteiger partial charge < -0.3 is 32.9 Å². The lowest BCUT2D eigenvalue weighted by Gasteiger charge is -2.44. The van der Waals surface area contributed by atoms with Crippen LogP contribution < -0.4 is 52.4 Å². The molecule has 17 aromatic rings. The van der Waals surface area contributed by atoms with Crippen LogP contribution in [0.15, 0.2) is 304 Å². The zero-order valence-electron chi connectivity index (χ0n) is 51.2. The summed E-state index contributed by atoms with van der Waals surface area (Å²) in [5.41, 5.74) is 28.8. The van der Waals surface area contributed by atoms with Crippen LogP contribution in [-0.2, 0) is 6.42 Å². The summed E-state index contributed by atoms with van der Waals surface area (Å²) in [5, 5.41) is 9.00.